The van der Waals surface area contributed by atoms with Crippen molar-refractivity contribution in [1.29, 1.82) is 0 Å². The van der Waals surface area contributed by atoms with Gasteiger partial charge in [0, 0.05) is 18.5 Å². The van der Waals surface area contributed by atoms with E-state index in [2.05, 4.69) is 24.6 Å². The van der Waals surface area contributed by atoms with Crippen LogP contribution < -0.4 is 10.7 Å². The van der Waals surface area contributed by atoms with Crippen LogP contribution >= 0.6 is 0 Å². The summed E-state index contributed by atoms with van der Waals surface area (Å²) in [6.07, 6.45) is 2.30. The highest BCUT2D eigenvalue weighted by atomic mass is 16.5. The minimum atomic E-state index is -0.314. The molecular formula is C13H25N3O2. The van der Waals surface area contributed by atoms with Gasteiger partial charge in [0.2, 0.25) is 5.91 Å². The third-order valence-corrected chi connectivity index (χ3v) is 4.17. The van der Waals surface area contributed by atoms with Crippen LogP contribution in [0.5, 0.6) is 0 Å². The number of amides is 1. The van der Waals surface area contributed by atoms with E-state index in [-0.39, 0.29) is 11.3 Å². The highest BCUT2D eigenvalue weighted by Crippen LogP contribution is 2.31. The molecule has 2 aliphatic heterocycles. The smallest absolute Gasteiger partial charge is 0.240 e. The molecule has 2 heterocycles. The molecule has 0 aromatic carbocycles. The van der Waals surface area contributed by atoms with Gasteiger partial charge in [0.05, 0.1) is 13.2 Å². The van der Waals surface area contributed by atoms with Crippen LogP contribution in [0.15, 0.2) is 0 Å². The molecule has 0 aromatic rings. The summed E-state index contributed by atoms with van der Waals surface area (Å²) in [6.45, 7) is 9.11. The molecule has 0 radical (unpaired) electrons. The number of nitrogens with zero attached hydrogens (tertiary/aromatic N) is 1. The van der Waals surface area contributed by atoms with Crippen LogP contribution in [0.25, 0.3) is 0 Å². The van der Waals surface area contributed by atoms with Crippen molar-refractivity contribution >= 4 is 5.91 Å². The van der Waals surface area contributed by atoms with Crippen molar-refractivity contribution in [1.82, 2.24) is 15.8 Å². The van der Waals surface area contributed by atoms with Crippen molar-refractivity contribution < 1.29 is 9.53 Å². The van der Waals surface area contributed by atoms with E-state index in [0.717, 1.165) is 32.6 Å². The van der Waals surface area contributed by atoms with Gasteiger partial charge in [0.15, 0.2) is 0 Å². The van der Waals surface area contributed by atoms with Crippen molar-refractivity contribution in [2.24, 2.45) is 11.3 Å². The standard InChI is InChI=1S/C13H25N3O2/c1-13(2,11-4-3-5-14-10-11)12(17)15-16-6-8-18-9-7-16/h11,14H,3-10H2,1-2H3,(H,15,17). The highest BCUT2D eigenvalue weighted by molar-refractivity contribution is 5.81. The monoisotopic (exact) mass is 255 g/mol. The van der Waals surface area contributed by atoms with Gasteiger partial charge in [-0.15, -0.1) is 0 Å². The summed E-state index contributed by atoms with van der Waals surface area (Å²) in [7, 11) is 0. The number of morpholine rings is 1. The number of ether oxygens (including phenoxy) is 1. The fraction of sp³-hybridized carbons (Fsp3) is 0.923. The third-order valence-electron chi connectivity index (χ3n) is 4.17. The summed E-state index contributed by atoms with van der Waals surface area (Å²) < 4.78 is 5.28. The van der Waals surface area contributed by atoms with E-state index in [1.807, 2.05) is 5.01 Å². The van der Waals surface area contributed by atoms with Crippen molar-refractivity contribution in [3.8, 4) is 0 Å². The van der Waals surface area contributed by atoms with E-state index in [0.29, 0.717) is 19.1 Å². The van der Waals surface area contributed by atoms with Gasteiger partial charge in [-0.3, -0.25) is 10.2 Å². The summed E-state index contributed by atoms with van der Waals surface area (Å²) in [5, 5.41) is 5.36. The first kappa shape index (κ1) is 13.8. The second-order valence-electron chi connectivity index (χ2n) is 5.81. The molecule has 0 aromatic heterocycles. The zero-order valence-electron chi connectivity index (χ0n) is 11.5. The maximum Gasteiger partial charge on any atom is 0.240 e. The van der Waals surface area contributed by atoms with Crippen LogP contribution in [-0.4, -0.2) is 50.3 Å². The summed E-state index contributed by atoms with van der Waals surface area (Å²) in [5.74, 6) is 0.561. The van der Waals surface area contributed by atoms with Crippen LogP contribution in [0, 0.1) is 11.3 Å². The molecule has 5 nitrogen and oxygen atoms in total. The topological polar surface area (TPSA) is 53.6 Å². The molecule has 2 rings (SSSR count). The Kier molecular flexibility index (Phi) is 4.59. The van der Waals surface area contributed by atoms with Gasteiger partial charge in [0.25, 0.3) is 0 Å². The Hall–Kier alpha value is -0.650. The minimum Gasteiger partial charge on any atom is -0.379 e. The number of hydrogen-bond donors (Lipinski definition) is 2. The Morgan fingerprint density at radius 3 is 2.72 bits per heavy atom. The van der Waals surface area contributed by atoms with Crippen molar-refractivity contribution in [2.45, 2.75) is 26.7 Å². The van der Waals surface area contributed by atoms with Crippen LogP contribution in [0.2, 0.25) is 0 Å². The highest BCUT2D eigenvalue weighted by Gasteiger charge is 2.38. The number of hydrazine groups is 1. The molecule has 2 N–H and O–H groups in total. The van der Waals surface area contributed by atoms with Gasteiger partial charge in [-0.05, 0) is 31.8 Å². The quantitative estimate of drug-likeness (QED) is 0.765. The van der Waals surface area contributed by atoms with Gasteiger partial charge in [-0.2, -0.15) is 0 Å². The maximum absolute atomic E-state index is 12.4. The predicted molar refractivity (Wildman–Crippen MR) is 69.9 cm³/mol. The van der Waals surface area contributed by atoms with E-state index in [1.54, 1.807) is 0 Å². The average molecular weight is 255 g/mol. The lowest BCUT2D eigenvalue weighted by Gasteiger charge is -2.38. The summed E-state index contributed by atoms with van der Waals surface area (Å²) in [5.41, 5.74) is 2.73. The molecule has 2 fully saturated rings. The zero-order valence-corrected chi connectivity index (χ0v) is 11.5. The summed E-state index contributed by atoms with van der Waals surface area (Å²) >= 11 is 0. The average Bonchev–Trinajstić information content (AvgIpc) is 2.41. The fourth-order valence-electron chi connectivity index (χ4n) is 2.62. The van der Waals surface area contributed by atoms with Crippen molar-refractivity contribution in [2.75, 3.05) is 39.4 Å². The van der Waals surface area contributed by atoms with Crippen LogP contribution in [0.1, 0.15) is 26.7 Å². The fourth-order valence-corrected chi connectivity index (χ4v) is 2.62. The normalized spacial score (nSPS) is 26.9. The number of piperidine rings is 1. The molecule has 0 aliphatic carbocycles. The molecule has 2 saturated heterocycles. The molecule has 0 bridgehead atoms. The number of carbonyl (C=O) groups is 1. The molecule has 0 spiro atoms. The maximum atomic E-state index is 12.4. The van der Waals surface area contributed by atoms with Gasteiger partial charge in [0.1, 0.15) is 0 Å². The van der Waals surface area contributed by atoms with Crippen LogP contribution in [0.4, 0.5) is 0 Å². The van der Waals surface area contributed by atoms with Gasteiger partial charge >= 0.3 is 0 Å². The third kappa shape index (κ3) is 3.22. The molecule has 1 unspecified atom stereocenters. The van der Waals surface area contributed by atoms with Crippen LogP contribution in [0.3, 0.4) is 0 Å². The van der Waals surface area contributed by atoms with E-state index in [1.165, 1.54) is 6.42 Å². The summed E-state index contributed by atoms with van der Waals surface area (Å²) in [4.78, 5) is 12.4. The lowest BCUT2D eigenvalue weighted by molar-refractivity contribution is -0.139. The molecule has 18 heavy (non-hydrogen) atoms. The SMILES string of the molecule is CC(C)(C(=O)NN1CCOCC1)C1CCCNC1. The largest absolute Gasteiger partial charge is 0.379 e. The first-order valence-corrected chi connectivity index (χ1v) is 6.95. The number of carbonyl (C=O) groups excluding carboxylic acids is 1. The van der Waals surface area contributed by atoms with E-state index < -0.39 is 0 Å². The second-order valence-corrected chi connectivity index (χ2v) is 5.81. The first-order chi connectivity index (χ1) is 8.60. The van der Waals surface area contributed by atoms with Crippen molar-refractivity contribution in [3.05, 3.63) is 0 Å². The lowest BCUT2D eigenvalue weighted by Crippen LogP contribution is -2.55. The van der Waals surface area contributed by atoms with E-state index in [9.17, 15) is 4.79 Å². The molecule has 1 amide bonds. The number of nitrogens with one attached hydrogen (secondary N) is 2. The minimum absolute atomic E-state index is 0.137. The van der Waals surface area contributed by atoms with Gasteiger partial charge in [-0.1, -0.05) is 13.8 Å². The first-order valence-electron chi connectivity index (χ1n) is 6.95. The zero-order chi connectivity index (χ0) is 13.0. The van der Waals surface area contributed by atoms with Crippen LogP contribution in [-0.2, 0) is 9.53 Å². The Balaban J connectivity index is 1.88. The van der Waals surface area contributed by atoms with E-state index in [4.69, 9.17) is 4.74 Å². The molecule has 5 heteroatoms. The van der Waals surface area contributed by atoms with Gasteiger partial charge in [-0.25, -0.2) is 5.01 Å². The Morgan fingerprint density at radius 1 is 1.39 bits per heavy atom. The Labute approximate surface area is 109 Å². The molecule has 0 saturated carbocycles. The molecular weight excluding hydrogens is 230 g/mol. The lowest BCUT2D eigenvalue weighted by atomic mass is 9.74. The molecule has 1 atom stereocenters. The van der Waals surface area contributed by atoms with Crippen molar-refractivity contribution in [3.63, 3.8) is 0 Å². The van der Waals surface area contributed by atoms with E-state index >= 15 is 0 Å². The van der Waals surface area contributed by atoms with Gasteiger partial charge < -0.3 is 10.1 Å². The number of rotatable bonds is 3. The number of hydrogen-bond acceptors (Lipinski definition) is 4. The Morgan fingerprint density at radius 2 is 2.11 bits per heavy atom. The second kappa shape index (κ2) is 5.99. The Bertz CT molecular complexity index is 282. The molecule has 104 valence electrons. The molecule has 2 aliphatic rings. The summed E-state index contributed by atoms with van der Waals surface area (Å²) in [6, 6.07) is 0. The predicted octanol–water partition coefficient (Wildman–Crippen LogP) is 0.376.